The standard InChI is InChI=1S/C21H14Cl2N4O3S/c1-12-5-7-17(23)19-18(12)25-21(31-19)26(11-13-4-2-3-9-24-13)20(28)15-10-14(27(29)30)6-8-16(15)22/h2-10H,11H2,1H3. The molecule has 4 aromatic rings. The average molecular weight is 473 g/mol. The van der Waals surface area contributed by atoms with Crippen LogP contribution in [0.25, 0.3) is 10.2 Å². The number of non-ortho nitro benzene ring substituents is 1. The molecule has 1 amide bonds. The fourth-order valence-electron chi connectivity index (χ4n) is 3.02. The number of nitro groups is 1. The Morgan fingerprint density at radius 1 is 1.16 bits per heavy atom. The van der Waals surface area contributed by atoms with Gasteiger partial charge in [-0.15, -0.1) is 0 Å². The van der Waals surface area contributed by atoms with Gasteiger partial charge < -0.3 is 0 Å². The Morgan fingerprint density at radius 2 is 1.94 bits per heavy atom. The van der Waals surface area contributed by atoms with Gasteiger partial charge in [-0.1, -0.05) is 46.7 Å². The first kappa shape index (κ1) is 21.2. The molecule has 0 bridgehead atoms. The number of aromatic nitrogens is 2. The van der Waals surface area contributed by atoms with Crippen LogP contribution >= 0.6 is 34.5 Å². The summed E-state index contributed by atoms with van der Waals surface area (Å²) >= 11 is 13.8. The van der Waals surface area contributed by atoms with Crippen molar-refractivity contribution in [3.8, 4) is 0 Å². The molecule has 0 saturated carbocycles. The number of aryl methyl sites for hydroxylation is 1. The van der Waals surface area contributed by atoms with E-state index in [1.807, 2.05) is 19.1 Å². The first-order valence-electron chi connectivity index (χ1n) is 9.06. The molecule has 0 aliphatic rings. The Morgan fingerprint density at radius 3 is 2.61 bits per heavy atom. The molecular formula is C21H14Cl2N4O3S. The van der Waals surface area contributed by atoms with Crippen molar-refractivity contribution >= 4 is 61.5 Å². The van der Waals surface area contributed by atoms with E-state index in [2.05, 4.69) is 9.97 Å². The number of amides is 1. The minimum atomic E-state index is -0.572. The number of anilines is 1. The summed E-state index contributed by atoms with van der Waals surface area (Å²) in [6.45, 7) is 2.01. The van der Waals surface area contributed by atoms with Crippen LogP contribution < -0.4 is 4.90 Å². The van der Waals surface area contributed by atoms with Gasteiger partial charge in [0.25, 0.3) is 11.6 Å². The Labute approximate surface area is 191 Å². The second-order valence-corrected chi connectivity index (χ2v) is 8.46. The summed E-state index contributed by atoms with van der Waals surface area (Å²) < 4.78 is 0.751. The van der Waals surface area contributed by atoms with Crippen molar-refractivity contribution in [1.29, 1.82) is 0 Å². The van der Waals surface area contributed by atoms with E-state index in [1.54, 1.807) is 24.4 Å². The van der Waals surface area contributed by atoms with Crippen molar-refractivity contribution in [1.82, 2.24) is 9.97 Å². The molecule has 10 heteroatoms. The van der Waals surface area contributed by atoms with Crippen molar-refractivity contribution < 1.29 is 9.72 Å². The monoisotopic (exact) mass is 472 g/mol. The van der Waals surface area contributed by atoms with Crippen molar-refractivity contribution in [3.63, 3.8) is 0 Å². The van der Waals surface area contributed by atoms with Gasteiger partial charge in [-0.25, -0.2) is 4.98 Å². The molecule has 0 saturated heterocycles. The lowest BCUT2D eigenvalue weighted by atomic mass is 10.1. The molecule has 0 unspecified atom stereocenters. The van der Waals surface area contributed by atoms with E-state index >= 15 is 0 Å². The van der Waals surface area contributed by atoms with E-state index in [0.29, 0.717) is 21.4 Å². The fourth-order valence-corrected chi connectivity index (χ4v) is 4.53. The zero-order valence-electron chi connectivity index (χ0n) is 16.1. The molecule has 0 N–H and O–H groups in total. The summed E-state index contributed by atoms with van der Waals surface area (Å²) in [6.07, 6.45) is 1.62. The number of carbonyl (C=O) groups is 1. The maximum Gasteiger partial charge on any atom is 0.270 e. The van der Waals surface area contributed by atoms with Gasteiger partial charge in [0.2, 0.25) is 0 Å². The molecule has 0 aliphatic carbocycles. The molecule has 0 aliphatic heterocycles. The van der Waals surface area contributed by atoms with Crippen molar-refractivity contribution in [2.45, 2.75) is 13.5 Å². The van der Waals surface area contributed by atoms with Gasteiger partial charge in [-0.2, -0.15) is 0 Å². The largest absolute Gasteiger partial charge is 0.278 e. The topological polar surface area (TPSA) is 89.2 Å². The quantitative estimate of drug-likeness (QED) is 0.260. The highest BCUT2D eigenvalue weighted by atomic mass is 35.5. The SMILES string of the molecule is Cc1ccc(Cl)c2sc(N(Cc3ccccn3)C(=O)c3cc([N+](=O)[O-])ccc3Cl)nc12. The Kier molecular flexibility index (Phi) is 5.86. The van der Waals surface area contributed by atoms with Gasteiger partial charge in [0.05, 0.1) is 43.0 Å². The minimum Gasteiger partial charge on any atom is -0.278 e. The molecule has 4 rings (SSSR count). The zero-order chi connectivity index (χ0) is 22.1. The molecular weight excluding hydrogens is 459 g/mol. The van der Waals surface area contributed by atoms with Crippen molar-refractivity contribution in [2.24, 2.45) is 0 Å². The highest BCUT2D eigenvalue weighted by Gasteiger charge is 2.26. The van der Waals surface area contributed by atoms with Crippen LogP contribution in [0.15, 0.2) is 54.7 Å². The van der Waals surface area contributed by atoms with Gasteiger partial charge >= 0.3 is 0 Å². The van der Waals surface area contributed by atoms with Gasteiger partial charge in [0.1, 0.15) is 0 Å². The van der Waals surface area contributed by atoms with Crippen LogP contribution in [-0.4, -0.2) is 20.8 Å². The molecule has 2 heterocycles. The lowest BCUT2D eigenvalue weighted by Gasteiger charge is -2.20. The number of benzene rings is 2. The molecule has 2 aromatic heterocycles. The Hall–Kier alpha value is -3.07. The Balaban J connectivity index is 1.85. The van der Waals surface area contributed by atoms with Gasteiger partial charge in [0.15, 0.2) is 5.13 Å². The fraction of sp³-hybridized carbons (Fsp3) is 0.0952. The van der Waals surface area contributed by atoms with E-state index in [-0.39, 0.29) is 22.8 Å². The summed E-state index contributed by atoms with van der Waals surface area (Å²) in [5.41, 5.74) is 2.01. The number of carbonyl (C=O) groups excluding carboxylic acids is 1. The normalized spacial score (nSPS) is 10.9. The number of hydrogen-bond acceptors (Lipinski definition) is 6. The van der Waals surface area contributed by atoms with Crippen LogP contribution in [0.3, 0.4) is 0 Å². The molecule has 0 radical (unpaired) electrons. The molecule has 0 fully saturated rings. The first-order chi connectivity index (χ1) is 14.8. The van der Waals surface area contributed by atoms with Crippen LogP contribution in [0.5, 0.6) is 0 Å². The van der Waals surface area contributed by atoms with E-state index in [9.17, 15) is 14.9 Å². The molecule has 7 nitrogen and oxygen atoms in total. The second kappa shape index (κ2) is 8.58. The highest BCUT2D eigenvalue weighted by molar-refractivity contribution is 7.23. The van der Waals surface area contributed by atoms with E-state index in [4.69, 9.17) is 23.2 Å². The third kappa shape index (κ3) is 4.23. The van der Waals surface area contributed by atoms with E-state index < -0.39 is 10.8 Å². The molecule has 2 aromatic carbocycles. The van der Waals surface area contributed by atoms with E-state index in [1.165, 1.54) is 34.4 Å². The van der Waals surface area contributed by atoms with Crippen LogP contribution in [0.1, 0.15) is 21.6 Å². The van der Waals surface area contributed by atoms with Crippen molar-refractivity contribution in [2.75, 3.05) is 4.90 Å². The first-order valence-corrected chi connectivity index (χ1v) is 10.6. The van der Waals surface area contributed by atoms with Crippen molar-refractivity contribution in [3.05, 3.63) is 91.7 Å². The predicted octanol–water partition coefficient (Wildman–Crippen LogP) is 6.06. The third-order valence-corrected chi connectivity index (χ3v) is 6.47. The second-order valence-electron chi connectivity index (χ2n) is 6.67. The van der Waals surface area contributed by atoms with Crippen LogP contribution in [-0.2, 0) is 6.54 Å². The van der Waals surface area contributed by atoms with Gasteiger partial charge in [-0.05, 0) is 36.8 Å². The number of fused-ring (bicyclic) bond motifs is 1. The number of nitro benzene ring substituents is 1. The Bertz CT molecular complexity index is 1270. The third-order valence-electron chi connectivity index (χ3n) is 4.60. The number of pyridine rings is 1. The maximum absolute atomic E-state index is 13.5. The minimum absolute atomic E-state index is 0.00822. The maximum atomic E-state index is 13.5. The van der Waals surface area contributed by atoms with Crippen LogP contribution in [0.4, 0.5) is 10.8 Å². The summed E-state index contributed by atoms with van der Waals surface area (Å²) in [7, 11) is 0. The van der Waals surface area contributed by atoms with Crippen LogP contribution in [0.2, 0.25) is 10.0 Å². The average Bonchev–Trinajstić information content (AvgIpc) is 3.22. The zero-order valence-corrected chi connectivity index (χ0v) is 18.4. The number of rotatable bonds is 5. The van der Waals surface area contributed by atoms with Gasteiger partial charge in [0, 0.05) is 18.3 Å². The predicted molar refractivity (Wildman–Crippen MR) is 122 cm³/mol. The lowest BCUT2D eigenvalue weighted by Crippen LogP contribution is -2.31. The number of nitrogens with zero attached hydrogens (tertiary/aromatic N) is 4. The van der Waals surface area contributed by atoms with E-state index in [0.717, 1.165) is 10.3 Å². The van der Waals surface area contributed by atoms with Gasteiger partial charge in [-0.3, -0.25) is 24.8 Å². The smallest absolute Gasteiger partial charge is 0.270 e. The summed E-state index contributed by atoms with van der Waals surface area (Å²) in [6, 6.07) is 12.8. The summed E-state index contributed by atoms with van der Waals surface area (Å²) in [5.74, 6) is -0.521. The summed E-state index contributed by atoms with van der Waals surface area (Å²) in [4.78, 5) is 34.5. The lowest BCUT2D eigenvalue weighted by molar-refractivity contribution is -0.384. The number of hydrogen-bond donors (Lipinski definition) is 0. The number of halogens is 2. The van der Waals surface area contributed by atoms with Crippen LogP contribution in [0, 0.1) is 17.0 Å². The molecule has 31 heavy (non-hydrogen) atoms. The highest BCUT2D eigenvalue weighted by Crippen LogP contribution is 2.37. The number of thiazole rings is 1. The summed E-state index contributed by atoms with van der Waals surface area (Å²) in [5, 5.41) is 12.2. The molecule has 0 atom stereocenters. The molecule has 156 valence electrons. The molecule has 0 spiro atoms.